The number of rotatable bonds is 2. The minimum absolute atomic E-state index is 0.0819. The molecule has 0 aromatic rings. The summed E-state index contributed by atoms with van der Waals surface area (Å²) in [7, 11) is 5.45. The highest BCUT2D eigenvalue weighted by molar-refractivity contribution is 6.11. The van der Waals surface area contributed by atoms with Gasteiger partial charge in [0.1, 0.15) is 7.85 Å². The molecule has 1 aliphatic heterocycles. The van der Waals surface area contributed by atoms with Crippen LogP contribution < -0.4 is 0 Å². The van der Waals surface area contributed by atoms with Gasteiger partial charge in [0.05, 0.1) is 6.10 Å². The Morgan fingerprint density at radius 2 is 2.33 bits per heavy atom. The number of hydrogen-bond acceptors (Lipinski definition) is 2. The van der Waals surface area contributed by atoms with Crippen LogP contribution in [-0.4, -0.2) is 31.7 Å². The highest BCUT2D eigenvalue weighted by Crippen LogP contribution is 2.19. The maximum Gasteiger partial charge on any atom is 0.109 e. The second-order valence-electron chi connectivity index (χ2n) is 2.39. The van der Waals surface area contributed by atoms with Crippen LogP contribution in [0.25, 0.3) is 0 Å². The SMILES string of the molecule is [B]C1CCC(CCO)O1. The molecule has 1 saturated heterocycles. The highest BCUT2D eigenvalue weighted by atomic mass is 16.5. The van der Waals surface area contributed by atoms with E-state index in [1.165, 1.54) is 0 Å². The Balaban J connectivity index is 2.14. The number of ether oxygens (including phenoxy) is 1. The minimum Gasteiger partial charge on any atom is -0.396 e. The topological polar surface area (TPSA) is 29.5 Å². The van der Waals surface area contributed by atoms with E-state index in [0.29, 0.717) is 0 Å². The van der Waals surface area contributed by atoms with Gasteiger partial charge in [-0.2, -0.15) is 0 Å². The lowest BCUT2D eigenvalue weighted by molar-refractivity contribution is 0.0680. The molecule has 0 aromatic heterocycles. The van der Waals surface area contributed by atoms with E-state index in [-0.39, 0.29) is 18.7 Å². The Hall–Kier alpha value is -0.0151. The van der Waals surface area contributed by atoms with Gasteiger partial charge in [-0.1, -0.05) is 0 Å². The smallest absolute Gasteiger partial charge is 0.109 e. The van der Waals surface area contributed by atoms with E-state index in [4.69, 9.17) is 17.7 Å². The Morgan fingerprint density at radius 1 is 1.56 bits per heavy atom. The lowest BCUT2D eigenvalue weighted by Gasteiger charge is -2.07. The molecule has 2 nitrogen and oxygen atoms in total. The van der Waals surface area contributed by atoms with Gasteiger partial charge in [-0.3, -0.25) is 0 Å². The summed E-state index contributed by atoms with van der Waals surface area (Å²) in [6, 6.07) is -0.0819. The highest BCUT2D eigenvalue weighted by Gasteiger charge is 2.19. The molecule has 0 aliphatic carbocycles. The third-order valence-corrected chi connectivity index (χ3v) is 1.59. The molecule has 1 fully saturated rings. The predicted octanol–water partition coefficient (Wildman–Crippen LogP) is 0.0424. The molecule has 1 aliphatic rings. The normalized spacial score (nSPS) is 35.2. The molecule has 2 atom stereocenters. The van der Waals surface area contributed by atoms with Crippen molar-refractivity contribution in [2.24, 2.45) is 0 Å². The molecule has 0 spiro atoms. The van der Waals surface area contributed by atoms with Crippen molar-refractivity contribution in [3.05, 3.63) is 0 Å². The molecular weight excluding hydrogens is 115 g/mol. The van der Waals surface area contributed by atoms with E-state index in [0.717, 1.165) is 19.3 Å². The quantitative estimate of drug-likeness (QED) is 0.529. The summed E-state index contributed by atoms with van der Waals surface area (Å²) in [6.07, 6.45) is 2.88. The lowest BCUT2D eigenvalue weighted by atomic mass is 9.97. The fourth-order valence-corrected chi connectivity index (χ4v) is 1.09. The molecule has 0 aromatic carbocycles. The van der Waals surface area contributed by atoms with E-state index in [2.05, 4.69) is 0 Å². The first-order valence-electron chi connectivity index (χ1n) is 3.35. The van der Waals surface area contributed by atoms with E-state index >= 15 is 0 Å². The van der Waals surface area contributed by atoms with Crippen LogP contribution in [0.3, 0.4) is 0 Å². The van der Waals surface area contributed by atoms with Gasteiger partial charge in [-0.25, -0.2) is 0 Å². The van der Waals surface area contributed by atoms with E-state index < -0.39 is 0 Å². The van der Waals surface area contributed by atoms with Gasteiger partial charge in [0, 0.05) is 12.6 Å². The van der Waals surface area contributed by atoms with Gasteiger partial charge in [0.2, 0.25) is 0 Å². The fourth-order valence-electron chi connectivity index (χ4n) is 1.09. The summed E-state index contributed by atoms with van der Waals surface area (Å²) in [5.74, 6) is 0. The van der Waals surface area contributed by atoms with Crippen molar-refractivity contribution in [2.75, 3.05) is 6.61 Å². The first kappa shape index (κ1) is 7.10. The summed E-state index contributed by atoms with van der Waals surface area (Å²) in [6.45, 7) is 0.206. The largest absolute Gasteiger partial charge is 0.396 e. The molecule has 2 radical (unpaired) electrons. The van der Waals surface area contributed by atoms with Gasteiger partial charge < -0.3 is 9.84 Å². The molecule has 0 saturated carbocycles. The number of aliphatic hydroxyl groups excluding tert-OH is 1. The summed E-state index contributed by atoms with van der Waals surface area (Å²) >= 11 is 0. The third-order valence-electron chi connectivity index (χ3n) is 1.59. The van der Waals surface area contributed by atoms with Crippen molar-refractivity contribution < 1.29 is 9.84 Å². The summed E-state index contributed by atoms with van der Waals surface area (Å²) < 4.78 is 5.22. The molecule has 3 heteroatoms. The van der Waals surface area contributed by atoms with Crippen molar-refractivity contribution in [2.45, 2.75) is 31.4 Å². The van der Waals surface area contributed by atoms with Crippen LogP contribution >= 0.6 is 0 Å². The maximum atomic E-state index is 8.49. The third kappa shape index (κ3) is 1.99. The van der Waals surface area contributed by atoms with Crippen LogP contribution in [-0.2, 0) is 4.74 Å². The Kier molecular flexibility index (Phi) is 2.55. The second kappa shape index (κ2) is 3.23. The van der Waals surface area contributed by atoms with Crippen molar-refractivity contribution in [3.8, 4) is 0 Å². The number of aliphatic hydroxyl groups is 1. The van der Waals surface area contributed by atoms with Crippen LogP contribution in [0.4, 0.5) is 0 Å². The van der Waals surface area contributed by atoms with Crippen molar-refractivity contribution >= 4 is 7.85 Å². The molecule has 0 bridgehead atoms. The standard InChI is InChI=1S/C6H11BO2/c7-6-2-1-5(9-6)3-4-8/h5-6,8H,1-4H2. The van der Waals surface area contributed by atoms with Gasteiger partial charge in [-0.05, 0) is 19.3 Å². The monoisotopic (exact) mass is 126 g/mol. The summed E-state index contributed by atoms with van der Waals surface area (Å²) in [4.78, 5) is 0. The molecule has 1 N–H and O–H groups in total. The molecule has 0 amide bonds. The zero-order valence-corrected chi connectivity index (χ0v) is 5.42. The Labute approximate surface area is 56.6 Å². The van der Waals surface area contributed by atoms with Gasteiger partial charge in [0.25, 0.3) is 0 Å². The molecule has 9 heavy (non-hydrogen) atoms. The van der Waals surface area contributed by atoms with Crippen molar-refractivity contribution in [1.82, 2.24) is 0 Å². The second-order valence-corrected chi connectivity index (χ2v) is 2.39. The fraction of sp³-hybridized carbons (Fsp3) is 1.00. The summed E-state index contributed by atoms with van der Waals surface area (Å²) in [5.41, 5.74) is 0. The van der Waals surface area contributed by atoms with Crippen molar-refractivity contribution in [3.63, 3.8) is 0 Å². The molecule has 50 valence electrons. The zero-order valence-electron chi connectivity index (χ0n) is 5.42. The number of hydrogen-bond donors (Lipinski definition) is 1. The molecule has 1 rings (SSSR count). The van der Waals surface area contributed by atoms with E-state index in [1.54, 1.807) is 0 Å². The molecular formula is C6H11BO2. The minimum atomic E-state index is -0.0819. The summed E-state index contributed by atoms with van der Waals surface area (Å²) in [5, 5.41) is 8.49. The van der Waals surface area contributed by atoms with E-state index in [1.807, 2.05) is 0 Å². The van der Waals surface area contributed by atoms with Crippen LogP contribution in [0.15, 0.2) is 0 Å². The molecule has 1 heterocycles. The Morgan fingerprint density at radius 3 is 2.78 bits per heavy atom. The van der Waals surface area contributed by atoms with E-state index in [9.17, 15) is 0 Å². The lowest BCUT2D eigenvalue weighted by Crippen LogP contribution is -2.11. The maximum absolute atomic E-state index is 8.49. The Bertz CT molecular complexity index is 85.1. The van der Waals surface area contributed by atoms with Crippen LogP contribution in [0.5, 0.6) is 0 Å². The first-order valence-corrected chi connectivity index (χ1v) is 3.35. The van der Waals surface area contributed by atoms with Crippen molar-refractivity contribution in [1.29, 1.82) is 0 Å². The average molecular weight is 126 g/mol. The van der Waals surface area contributed by atoms with Gasteiger partial charge >= 0.3 is 0 Å². The predicted molar refractivity (Wildman–Crippen MR) is 35.4 cm³/mol. The van der Waals surface area contributed by atoms with Gasteiger partial charge in [-0.15, -0.1) is 0 Å². The molecule has 2 unspecified atom stereocenters. The zero-order chi connectivity index (χ0) is 6.69. The van der Waals surface area contributed by atoms with Crippen LogP contribution in [0, 0.1) is 0 Å². The van der Waals surface area contributed by atoms with Crippen LogP contribution in [0.2, 0.25) is 0 Å². The average Bonchev–Trinajstić information content (AvgIpc) is 2.17. The van der Waals surface area contributed by atoms with Gasteiger partial charge in [0.15, 0.2) is 0 Å². The first-order chi connectivity index (χ1) is 4.33. The van der Waals surface area contributed by atoms with Crippen LogP contribution in [0.1, 0.15) is 19.3 Å².